The second kappa shape index (κ2) is 14.1. The molecule has 3 rings (SSSR count). The Bertz CT molecular complexity index is 655. The molecule has 1 N–H and O–H groups in total. The van der Waals surface area contributed by atoms with Crippen LogP contribution in [0.5, 0.6) is 0 Å². The van der Waals surface area contributed by atoms with Crippen LogP contribution in [0.4, 0.5) is 5.82 Å². The van der Waals surface area contributed by atoms with E-state index < -0.39 is 0 Å². The molecule has 2 aliphatic rings. The van der Waals surface area contributed by atoms with Crippen molar-refractivity contribution in [1.29, 1.82) is 0 Å². The molecule has 0 radical (unpaired) electrons. The molecule has 1 unspecified atom stereocenters. The van der Waals surface area contributed by atoms with Crippen LogP contribution in [-0.2, 0) is 6.54 Å². The van der Waals surface area contributed by atoms with E-state index in [2.05, 4.69) is 57.9 Å². The molecule has 31 heavy (non-hydrogen) atoms. The highest BCUT2D eigenvalue weighted by molar-refractivity contribution is 14.0. The first-order chi connectivity index (χ1) is 14.7. The molecule has 1 aromatic heterocycles. The van der Waals surface area contributed by atoms with Gasteiger partial charge >= 0.3 is 0 Å². The molecule has 2 saturated heterocycles. The van der Waals surface area contributed by atoms with Gasteiger partial charge in [0.1, 0.15) is 5.82 Å². The number of pyridine rings is 1. The van der Waals surface area contributed by atoms with Crippen molar-refractivity contribution in [2.24, 2.45) is 10.9 Å². The van der Waals surface area contributed by atoms with Crippen LogP contribution in [0.1, 0.15) is 58.4 Å². The Labute approximate surface area is 206 Å². The highest BCUT2D eigenvalue weighted by Gasteiger charge is 2.26. The summed E-state index contributed by atoms with van der Waals surface area (Å²) in [4.78, 5) is 17.1. The average Bonchev–Trinajstić information content (AvgIpc) is 3.06. The van der Waals surface area contributed by atoms with E-state index in [9.17, 15) is 0 Å². The van der Waals surface area contributed by atoms with Gasteiger partial charge in [-0.05, 0) is 62.9 Å². The number of anilines is 1. The molecule has 0 saturated carbocycles. The number of halogens is 1. The first kappa shape index (κ1) is 26.2. The van der Waals surface area contributed by atoms with Crippen molar-refractivity contribution in [3.63, 3.8) is 0 Å². The van der Waals surface area contributed by atoms with Crippen molar-refractivity contribution in [1.82, 2.24) is 20.1 Å². The summed E-state index contributed by atoms with van der Waals surface area (Å²) in [5.41, 5.74) is 1.25. The van der Waals surface area contributed by atoms with E-state index in [1.54, 1.807) is 0 Å². The average molecular weight is 543 g/mol. The lowest BCUT2D eigenvalue weighted by atomic mass is 10.1. The Kier molecular flexibility index (Phi) is 11.9. The third-order valence-corrected chi connectivity index (χ3v) is 6.48. The molecule has 0 bridgehead atoms. The second-order valence-electron chi connectivity index (χ2n) is 8.68. The fourth-order valence-corrected chi connectivity index (χ4v) is 4.64. The lowest BCUT2D eigenvalue weighted by Crippen LogP contribution is -2.40. The van der Waals surface area contributed by atoms with Gasteiger partial charge in [0.15, 0.2) is 5.96 Å². The van der Waals surface area contributed by atoms with Gasteiger partial charge in [0.2, 0.25) is 0 Å². The summed E-state index contributed by atoms with van der Waals surface area (Å²) >= 11 is 0. The number of likely N-dealkylation sites (tertiary alicyclic amines) is 1. The standard InChI is InChI=1S/C24H42N6.HI/c1-4-25-24(30-16-12-22(20-30)19-28(5-2)6-3)27-18-21-11-13-26-23(17-21)29-14-9-7-8-10-15-29;/h11,13,17,22H,4-10,12,14-16,18-20H2,1-3H3,(H,25,27);1H. The minimum absolute atomic E-state index is 0. The van der Waals surface area contributed by atoms with E-state index in [1.165, 1.54) is 44.2 Å². The number of guanidine groups is 1. The smallest absolute Gasteiger partial charge is 0.194 e. The predicted octanol–water partition coefficient (Wildman–Crippen LogP) is 4.21. The Hall–Kier alpha value is -1.09. The summed E-state index contributed by atoms with van der Waals surface area (Å²) in [5.74, 6) is 2.92. The monoisotopic (exact) mass is 542 g/mol. The van der Waals surface area contributed by atoms with Crippen molar-refractivity contribution in [3.05, 3.63) is 23.9 Å². The third kappa shape index (κ3) is 8.08. The van der Waals surface area contributed by atoms with Gasteiger partial charge < -0.3 is 20.0 Å². The normalized spacial score (nSPS) is 20.0. The molecular formula is C24H43IN6. The SMILES string of the molecule is CCNC(=NCc1ccnc(N2CCCCCC2)c1)N1CCC(CN(CC)CC)C1.I. The highest BCUT2D eigenvalue weighted by atomic mass is 127. The number of hydrogen-bond acceptors (Lipinski definition) is 4. The summed E-state index contributed by atoms with van der Waals surface area (Å²) in [5, 5.41) is 3.52. The van der Waals surface area contributed by atoms with Gasteiger partial charge in [0.25, 0.3) is 0 Å². The Morgan fingerprint density at radius 3 is 2.55 bits per heavy atom. The Morgan fingerprint density at radius 1 is 1.13 bits per heavy atom. The fraction of sp³-hybridized carbons (Fsp3) is 0.750. The summed E-state index contributed by atoms with van der Waals surface area (Å²) in [7, 11) is 0. The highest BCUT2D eigenvalue weighted by Crippen LogP contribution is 2.20. The summed E-state index contributed by atoms with van der Waals surface area (Å²) in [6.07, 6.45) is 8.45. The van der Waals surface area contributed by atoms with E-state index in [-0.39, 0.29) is 24.0 Å². The predicted molar refractivity (Wildman–Crippen MR) is 143 cm³/mol. The lowest BCUT2D eigenvalue weighted by molar-refractivity contribution is 0.255. The van der Waals surface area contributed by atoms with Gasteiger partial charge in [-0.1, -0.05) is 26.7 Å². The van der Waals surface area contributed by atoms with E-state index >= 15 is 0 Å². The number of aliphatic imine (C=N–C) groups is 1. The van der Waals surface area contributed by atoms with Crippen LogP contribution >= 0.6 is 24.0 Å². The third-order valence-electron chi connectivity index (χ3n) is 6.48. The van der Waals surface area contributed by atoms with Crippen molar-refractivity contribution < 1.29 is 0 Å². The Balaban J connectivity index is 0.00000341. The summed E-state index contributed by atoms with van der Waals surface area (Å²) < 4.78 is 0. The molecule has 0 aromatic carbocycles. The van der Waals surface area contributed by atoms with Gasteiger partial charge in [-0.15, -0.1) is 24.0 Å². The zero-order chi connectivity index (χ0) is 21.2. The summed E-state index contributed by atoms with van der Waals surface area (Å²) in [6.45, 7) is 16.3. The first-order valence-corrected chi connectivity index (χ1v) is 12.2. The molecule has 7 heteroatoms. The van der Waals surface area contributed by atoms with Crippen molar-refractivity contribution in [3.8, 4) is 0 Å². The molecule has 0 amide bonds. The summed E-state index contributed by atoms with van der Waals surface area (Å²) in [6, 6.07) is 4.35. The molecule has 1 aromatic rings. The molecule has 176 valence electrons. The molecule has 1 atom stereocenters. The van der Waals surface area contributed by atoms with Crippen molar-refractivity contribution in [2.75, 3.05) is 57.3 Å². The van der Waals surface area contributed by atoms with Gasteiger partial charge in [0, 0.05) is 45.5 Å². The zero-order valence-electron chi connectivity index (χ0n) is 19.9. The number of rotatable bonds is 8. The quantitative estimate of drug-likeness (QED) is 0.303. The van der Waals surface area contributed by atoms with Crippen LogP contribution in [0, 0.1) is 5.92 Å². The second-order valence-corrected chi connectivity index (χ2v) is 8.68. The molecular weight excluding hydrogens is 499 g/mol. The number of hydrogen-bond donors (Lipinski definition) is 1. The van der Waals surface area contributed by atoms with E-state index in [0.717, 1.165) is 63.5 Å². The van der Waals surface area contributed by atoms with Crippen LogP contribution < -0.4 is 10.2 Å². The van der Waals surface area contributed by atoms with Gasteiger partial charge in [-0.2, -0.15) is 0 Å². The maximum absolute atomic E-state index is 5.00. The van der Waals surface area contributed by atoms with Gasteiger partial charge in [-0.3, -0.25) is 0 Å². The van der Waals surface area contributed by atoms with Crippen LogP contribution in [0.3, 0.4) is 0 Å². The van der Waals surface area contributed by atoms with Crippen molar-refractivity contribution >= 4 is 35.8 Å². The first-order valence-electron chi connectivity index (χ1n) is 12.2. The number of aromatic nitrogens is 1. The fourth-order valence-electron chi connectivity index (χ4n) is 4.64. The lowest BCUT2D eigenvalue weighted by Gasteiger charge is -2.24. The molecule has 2 fully saturated rings. The minimum atomic E-state index is 0. The molecule has 0 aliphatic carbocycles. The zero-order valence-corrected chi connectivity index (χ0v) is 22.2. The van der Waals surface area contributed by atoms with Gasteiger partial charge in [-0.25, -0.2) is 9.98 Å². The van der Waals surface area contributed by atoms with Crippen molar-refractivity contribution in [2.45, 2.75) is 59.4 Å². The van der Waals surface area contributed by atoms with Crippen LogP contribution in [0.2, 0.25) is 0 Å². The van der Waals surface area contributed by atoms with Crippen LogP contribution in [0.25, 0.3) is 0 Å². The molecule has 2 aliphatic heterocycles. The maximum atomic E-state index is 5.00. The van der Waals surface area contributed by atoms with E-state index in [4.69, 9.17) is 4.99 Å². The molecule has 6 nitrogen and oxygen atoms in total. The number of nitrogens with one attached hydrogen (secondary N) is 1. The Morgan fingerprint density at radius 2 is 1.87 bits per heavy atom. The number of nitrogens with zero attached hydrogens (tertiary/aromatic N) is 5. The van der Waals surface area contributed by atoms with Gasteiger partial charge in [0.05, 0.1) is 6.54 Å². The van der Waals surface area contributed by atoms with Crippen LogP contribution in [0.15, 0.2) is 23.3 Å². The van der Waals surface area contributed by atoms with E-state index in [1.807, 2.05) is 6.20 Å². The molecule has 0 spiro atoms. The van der Waals surface area contributed by atoms with Crippen LogP contribution in [-0.4, -0.2) is 73.1 Å². The topological polar surface area (TPSA) is 47.0 Å². The van der Waals surface area contributed by atoms with E-state index in [0.29, 0.717) is 6.54 Å². The maximum Gasteiger partial charge on any atom is 0.194 e. The largest absolute Gasteiger partial charge is 0.357 e. The molecule has 3 heterocycles. The minimum Gasteiger partial charge on any atom is -0.357 e.